The molecule has 124 valence electrons. The van der Waals surface area contributed by atoms with E-state index in [1.54, 1.807) is 20.1 Å². The van der Waals surface area contributed by atoms with E-state index in [4.69, 9.17) is 9.47 Å². The Hall–Kier alpha value is -2.07. The van der Waals surface area contributed by atoms with Gasteiger partial charge in [0.25, 0.3) is 0 Å². The Labute approximate surface area is 137 Å². The number of rotatable bonds is 7. The van der Waals surface area contributed by atoms with Gasteiger partial charge in [0.05, 0.1) is 13.2 Å². The van der Waals surface area contributed by atoms with Crippen molar-refractivity contribution in [1.82, 2.24) is 5.32 Å². The fourth-order valence-corrected chi connectivity index (χ4v) is 2.34. The maximum Gasteiger partial charge on any atom is 0.161 e. The Kier molecular flexibility index (Phi) is 5.99. The maximum atomic E-state index is 13.3. The normalized spacial score (nSPS) is 10.9. The van der Waals surface area contributed by atoms with Crippen LogP contribution < -0.4 is 14.8 Å². The highest BCUT2D eigenvalue weighted by Crippen LogP contribution is 2.28. The van der Waals surface area contributed by atoms with E-state index >= 15 is 0 Å². The molecule has 2 aromatic carbocycles. The first kappa shape index (κ1) is 17.3. The lowest BCUT2D eigenvalue weighted by molar-refractivity contribution is 0.230. The third-order valence-electron chi connectivity index (χ3n) is 3.47. The van der Waals surface area contributed by atoms with Gasteiger partial charge in [0, 0.05) is 13.1 Å². The first-order valence-electron chi connectivity index (χ1n) is 7.79. The molecule has 23 heavy (non-hydrogen) atoms. The molecule has 4 heteroatoms. The van der Waals surface area contributed by atoms with Gasteiger partial charge >= 0.3 is 0 Å². The summed E-state index contributed by atoms with van der Waals surface area (Å²) in [7, 11) is 1.64. The summed E-state index contributed by atoms with van der Waals surface area (Å²) in [5.74, 6) is 1.32. The van der Waals surface area contributed by atoms with E-state index in [9.17, 15) is 4.39 Å². The smallest absolute Gasteiger partial charge is 0.161 e. The molecule has 0 aliphatic carbocycles. The zero-order valence-corrected chi connectivity index (χ0v) is 14.2. The number of aryl methyl sites for hydroxylation is 1. The molecule has 3 nitrogen and oxygen atoms in total. The van der Waals surface area contributed by atoms with Crippen molar-refractivity contribution in [3.05, 3.63) is 58.9 Å². The van der Waals surface area contributed by atoms with Crippen LogP contribution in [0, 0.1) is 12.7 Å². The highest BCUT2D eigenvalue weighted by Gasteiger charge is 2.07. The van der Waals surface area contributed by atoms with Crippen LogP contribution in [0.2, 0.25) is 0 Å². The number of ether oxygens (including phenoxy) is 2. The second kappa shape index (κ2) is 7.97. The van der Waals surface area contributed by atoms with Crippen molar-refractivity contribution in [2.24, 2.45) is 0 Å². The fraction of sp³-hybridized carbons (Fsp3) is 0.368. The van der Waals surface area contributed by atoms with Gasteiger partial charge in [0.1, 0.15) is 5.82 Å². The average Bonchev–Trinajstić information content (AvgIpc) is 2.51. The van der Waals surface area contributed by atoms with Gasteiger partial charge in [-0.05, 0) is 55.7 Å². The Morgan fingerprint density at radius 3 is 2.26 bits per heavy atom. The minimum atomic E-state index is -0.167. The zero-order chi connectivity index (χ0) is 16.8. The van der Waals surface area contributed by atoms with E-state index in [2.05, 4.69) is 5.32 Å². The van der Waals surface area contributed by atoms with Gasteiger partial charge in [-0.3, -0.25) is 0 Å². The Bertz CT molecular complexity index is 656. The monoisotopic (exact) mass is 317 g/mol. The van der Waals surface area contributed by atoms with Crippen LogP contribution in [0.25, 0.3) is 0 Å². The summed E-state index contributed by atoms with van der Waals surface area (Å²) in [5, 5.41) is 3.36. The van der Waals surface area contributed by atoms with E-state index in [0.29, 0.717) is 18.7 Å². The van der Waals surface area contributed by atoms with Crippen LogP contribution in [0.15, 0.2) is 36.4 Å². The molecule has 0 spiro atoms. The quantitative estimate of drug-likeness (QED) is 0.829. The third kappa shape index (κ3) is 4.96. The number of hydrogen-bond donors (Lipinski definition) is 1. The highest BCUT2D eigenvalue weighted by molar-refractivity contribution is 5.43. The molecule has 2 aromatic rings. The first-order chi connectivity index (χ1) is 11.0. The lowest BCUT2D eigenvalue weighted by atomic mass is 10.1. The van der Waals surface area contributed by atoms with Crippen molar-refractivity contribution in [2.45, 2.75) is 40.0 Å². The lowest BCUT2D eigenvalue weighted by Crippen LogP contribution is -2.13. The Morgan fingerprint density at radius 1 is 1.00 bits per heavy atom. The standard InChI is InChI=1S/C19H24FNO2/c1-13(2)23-18-8-6-16(10-19(18)22-4)12-21-11-15-5-7-17(20)14(3)9-15/h5-10,13,21H,11-12H2,1-4H3. The van der Waals surface area contributed by atoms with Gasteiger partial charge in [0.15, 0.2) is 11.5 Å². The van der Waals surface area contributed by atoms with Crippen LogP contribution in [0.1, 0.15) is 30.5 Å². The fourth-order valence-electron chi connectivity index (χ4n) is 2.34. The van der Waals surface area contributed by atoms with E-state index < -0.39 is 0 Å². The molecule has 0 aliphatic heterocycles. The lowest BCUT2D eigenvalue weighted by Gasteiger charge is -2.15. The maximum absolute atomic E-state index is 13.3. The topological polar surface area (TPSA) is 30.5 Å². The molecule has 0 radical (unpaired) electrons. The average molecular weight is 317 g/mol. The molecule has 0 unspecified atom stereocenters. The summed E-state index contributed by atoms with van der Waals surface area (Å²) in [4.78, 5) is 0. The van der Waals surface area contributed by atoms with Gasteiger partial charge in [-0.1, -0.05) is 18.2 Å². The van der Waals surface area contributed by atoms with Crippen molar-refractivity contribution in [3.63, 3.8) is 0 Å². The first-order valence-corrected chi connectivity index (χ1v) is 7.79. The molecule has 0 bridgehead atoms. The third-order valence-corrected chi connectivity index (χ3v) is 3.47. The van der Waals surface area contributed by atoms with E-state index in [0.717, 1.165) is 22.6 Å². The van der Waals surface area contributed by atoms with Crippen LogP contribution >= 0.6 is 0 Å². The van der Waals surface area contributed by atoms with Crippen molar-refractivity contribution in [2.75, 3.05) is 7.11 Å². The van der Waals surface area contributed by atoms with E-state index in [1.165, 1.54) is 6.07 Å². The summed E-state index contributed by atoms with van der Waals surface area (Å²) in [6.45, 7) is 7.14. The van der Waals surface area contributed by atoms with Gasteiger partial charge < -0.3 is 14.8 Å². The van der Waals surface area contributed by atoms with E-state index in [-0.39, 0.29) is 11.9 Å². The molecule has 1 N–H and O–H groups in total. The second-order valence-corrected chi connectivity index (χ2v) is 5.84. The predicted molar refractivity (Wildman–Crippen MR) is 90.4 cm³/mol. The molecule has 0 saturated carbocycles. The van der Waals surface area contributed by atoms with Gasteiger partial charge in [0.2, 0.25) is 0 Å². The van der Waals surface area contributed by atoms with Gasteiger partial charge in [-0.25, -0.2) is 4.39 Å². The number of nitrogens with one attached hydrogen (secondary N) is 1. The second-order valence-electron chi connectivity index (χ2n) is 5.84. The molecular weight excluding hydrogens is 293 g/mol. The van der Waals surface area contributed by atoms with Crippen LogP contribution in [0.4, 0.5) is 4.39 Å². The summed E-state index contributed by atoms with van der Waals surface area (Å²) < 4.78 is 24.3. The van der Waals surface area contributed by atoms with E-state index in [1.807, 2.05) is 38.1 Å². The summed E-state index contributed by atoms with van der Waals surface area (Å²) in [6.07, 6.45) is 0.106. The van der Waals surface area contributed by atoms with Crippen molar-refractivity contribution in [1.29, 1.82) is 0 Å². The predicted octanol–water partition coefficient (Wildman–Crippen LogP) is 4.22. The van der Waals surface area contributed by atoms with Crippen molar-refractivity contribution >= 4 is 0 Å². The molecule has 0 heterocycles. The molecule has 0 aliphatic rings. The molecular formula is C19H24FNO2. The number of methoxy groups -OCH3 is 1. The SMILES string of the molecule is COc1cc(CNCc2ccc(F)c(C)c2)ccc1OC(C)C. The van der Waals surface area contributed by atoms with Crippen LogP contribution in [0.5, 0.6) is 11.5 Å². The molecule has 0 aromatic heterocycles. The summed E-state index contributed by atoms with van der Waals surface area (Å²) >= 11 is 0. The van der Waals surface area contributed by atoms with Crippen LogP contribution in [-0.2, 0) is 13.1 Å². The summed E-state index contributed by atoms with van der Waals surface area (Å²) in [6, 6.07) is 11.1. The van der Waals surface area contributed by atoms with Crippen LogP contribution in [0.3, 0.4) is 0 Å². The molecule has 2 rings (SSSR count). The van der Waals surface area contributed by atoms with Crippen LogP contribution in [-0.4, -0.2) is 13.2 Å². The van der Waals surface area contributed by atoms with Crippen molar-refractivity contribution < 1.29 is 13.9 Å². The van der Waals surface area contributed by atoms with Gasteiger partial charge in [-0.2, -0.15) is 0 Å². The highest BCUT2D eigenvalue weighted by atomic mass is 19.1. The molecule has 0 fully saturated rings. The largest absolute Gasteiger partial charge is 0.493 e. The number of benzene rings is 2. The molecule has 0 saturated heterocycles. The Balaban J connectivity index is 1.96. The summed E-state index contributed by atoms with van der Waals surface area (Å²) in [5.41, 5.74) is 2.84. The minimum absolute atomic E-state index is 0.106. The molecule has 0 amide bonds. The van der Waals surface area contributed by atoms with Gasteiger partial charge in [-0.15, -0.1) is 0 Å². The Morgan fingerprint density at radius 2 is 1.65 bits per heavy atom. The van der Waals surface area contributed by atoms with Crippen molar-refractivity contribution in [3.8, 4) is 11.5 Å². The zero-order valence-electron chi connectivity index (χ0n) is 14.2. The minimum Gasteiger partial charge on any atom is -0.493 e. The number of hydrogen-bond acceptors (Lipinski definition) is 3. The molecule has 0 atom stereocenters. The number of halogens is 1.